The van der Waals surface area contributed by atoms with E-state index in [1.165, 1.54) is 6.07 Å². The Kier molecular flexibility index (Phi) is 3.92. The van der Waals surface area contributed by atoms with Gasteiger partial charge in [-0.3, -0.25) is 4.72 Å². The van der Waals surface area contributed by atoms with Gasteiger partial charge in [0.05, 0.1) is 21.3 Å². The zero-order valence-corrected chi connectivity index (χ0v) is 12.7. The topological polar surface area (TPSA) is 72.2 Å². The third-order valence-electron chi connectivity index (χ3n) is 2.88. The van der Waals surface area contributed by atoms with E-state index >= 15 is 0 Å². The Bertz CT molecular complexity index is 758. The number of aryl methyl sites for hydroxylation is 2. The van der Waals surface area contributed by atoms with Crippen LogP contribution in [0.4, 0.5) is 11.4 Å². The number of benzene rings is 2. The molecule has 6 heteroatoms. The molecule has 0 saturated heterocycles. The van der Waals surface area contributed by atoms with Gasteiger partial charge in [0.1, 0.15) is 0 Å². The summed E-state index contributed by atoms with van der Waals surface area (Å²) in [6.45, 7) is 3.60. The van der Waals surface area contributed by atoms with E-state index in [1.807, 2.05) is 13.0 Å². The minimum atomic E-state index is -3.64. The molecule has 0 bridgehead atoms. The normalized spacial score (nSPS) is 11.3. The maximum absolute atomic E-state index is 12.4. The van der Waals surface area contributed by atoms with Crippen LogP contribution in [0, 0.1) is 13.8 Å². The van der Waals surface area contributed by atoms with E-state index in [2.05, 4.69) is 4.72 Å². The first-order valence-electron chi connectivity index (χ1n) is 5.95. The van der Waals surface area contributed by atoms with Crippen molar-refractivity contribution in [2.24, 2.45) is 0 Å². The molecule has 0 aliphatic heterocycles. The fraction of sp³-hybridized carbons (Fsp3) is 0.143. The summed E-state index contributed by atoms with van der Waals surface area (Å²) in [5.41, 5.74) is 7.94. The quantitative estimate of drug-likeness (QED) is 0.854. The molecule has 0 amide bonds. The minimum Gasteiger partial charge on any atom is -0.397 e. The molecule has 0 heterocycles. The highest BCUT2D eigenvalue weighted by molar-refractivity contribution is 7.92. The molecule has 0 aliphatic rings. The predicted molar refractivity (Wildman–Crippen MR) is 82.6 cm³/mol. The number of hydrogen-bond donors (Lipinski definition) is 2. The lowest BCUT2D eigenvalue weighted by atomic mass is 10.2. The summed E-state index contributed by atoms with van der Waals surface area (Å²) in [5.74, 6) is 0. The smallest absolute Gasteiger partial charge is 0.262 e. The van der Waals surface area contributed by atoms with Crippen molar-refractivity contribution in [1.29, 1.82) is 0 Å². The standard InChI is InChI=1S/C14H15ClN2O2S/c1-9-3-4-10(2)14(7-9)20(18,19)17-11-5-6-12(15)13(16)8-11/h3-8,17H,16H2,1-2H3. The molecule has 0 radical (unpaired) electrons. The molecule has 2 aromatic carbocycles. The van der Waals surface area contributed by atoms with Crippen molar-refractivity contribution in [3.8, 4) is 0 Å². The van der Waals surface area contributed by atoms with Gasteiger partial charge in [-0.25, -0.2) is 8.42 Å². The van der Waals surface area contributed by atoms with E-state index < -0.39 is 10.0 Å². The summed E-state index contributed by atoms with van der Waals surface area (Å²) in [7, 11) is -3.64. The van der Waals surface area contributed by atoms with Crippen LogP contribution in [0.15, 0.2) is 41.3 Å². The van der Waals surface area contributed by atoms with Gasteiger partial charge in [0.15, 0.2) is 0 Å². The van der Waals surface area contributed by atoms with Gasteiger partial charge in [0.2, 0.25) is 0 Å². The van der Waals surface area contributed by atoms with E-state index in [0.29, 0.717) is 22.0 Å². The van der Waals surface area contributed by atoms with Gasteiger partial charge < -0.3 is 5.73 Å². The molecule has 20 heavy (non-hydrogen) atoms. The second-order valence-corrected chi connectivity index (χ2v) is 6.67. The average molecular weight is 311 g/mol. The minimum absolute atomic E-state index is 0.256. The number of halogens is 1. The van der Waals surface area contributed by atoms with Crippen LogP contribution in [-0.2, 0) is 10.0 Å². The zero-order valence-electron chi connectivity index (χ0n) is 11.1. The van der Waals surface area contributed by atoms with Crippen LogP contribution in [0.3, 0.4) is 0 Å². The van der Waals surface area contributed by atoms with Crippen LogP contribution < -0.4 is 10.5 Å². The van der Waals surface area contributed by atoms with Gasteiger partial charge >= 0.3 is 0 Å². The van der Waals surface area contributed by atoms with Crippen molar-refractivity contribution < 1.29 is 8.42 Å². The van der Waals surface area contributed by atoms with Crippen LogP contribution in [0.2, 0.25) is 5.02 Å². The van der Waals surface area contributed by atoms with Crippen molar-refractivity contribution in [3.63, 3.8) is 0 Å². The van der Waals surface area contributed by atoms with Crippen molar-refractivity contribution in [3.05, 3.63) is 52.5 Å². The van der Waals surface area contributed by atoms with E-state index in [1.54, 1.807) is 31.2 Å². The maximum atomic E-state index is 12.4. The van der Waals surface area contributed by atoms with Gasteiger partial charge in [-0.2, -0.15) is 0 Å². The van der Waals surface area contributed by atoms with Crippen molar-refractivity contribution in [2.45, 2.75) is 18.7 Å². The third-order valence-corrected chi connectivity index (χ3v) is 4.75. The molecule has 0 aromatic heterocycles. The Hall–Kier alpha value is -1.72. The van der Waals surface area contributed by atoms with Gasteiger partial charge in [-0.15, -0.1) is 0 Å². The molecule has 0 fully saturated rings. The number of nitrogens with one attached hydrogen (secondary N) is 1. The van der Waals surface area contributed by atoms with E-state index in [-0.39, 0.29) is 4.90 Å². The van der Waals surface area contributed by atoms with Crippen molar-refractivity contribution in [1.82, 2.24) is 0 Å². The number of rotatable bonds is 3. The third kappa shape index (κ3) is 3.05. The highest BCUT2D eigenvalue weighted by Gasteiger charge is 2.17. The Morgan fingerprint density at radius 1 is 1.10 bits per heavy atom. The lowest BCUT2D eigenvalue weighted by Crippen LogP contribution is -2.14. The summed E-state index contributed by atoms with van der Waals surface area (Å²) in [6.07, 6.45) is 0. The van der Waals surface area contributed by atoms with Gasteiger partial charge in [-0.05, 0) is 49.2 Å². The highest BCUT2D eigenvalue weighted by atomic mass is 35.5. The Balaban J connectivity index is 2.40. The molecule has 0 spiro atoms. The number of nitrogens with two attached hydrogens (primary N) is 1. The summed E-state index contributed by atoms with van der Waals surface area (Å²) in [5, 5.41) is 0.389. The average Bonchev–Trinajstić information content (AvgIpc) is 2.36. The first-order chi connectivity index (χ1) is 9.29. The lowest BCUT2D eigenvalue weighted by Gasteiger charge is -2.12. The number of sulfonamides is 1. The summed E-state index contributed by atoms with van der Waals surface area (Å²) in [4.78, 5) is 0.256. The predicted octanol–water partition coefficient (Wildman–Crippen LogP) is 3.34. The molecule has 2 rings (SSSR count). The Morgan fingerprint density at radius 2 is 1.80 bits per heavy atom. The van der Waals surface area contributed by atoms with E-state index in [0.717, 1.165) is 5.56 Å². The second kappa shape index (κ2) is 5.34. The molecule has 106 valence electrons. The first-order valence-corrected chi connectivity index (χ1v) is 7.81. The lowest BCUT2D eigenvalue weighted by molar-refractivity contribution is 0.600. The second-order valence-electron chi connectivity index (χ2n) is 4.61. The summed E-state index contributed by atoms with van der Waals surface area (Å²) in [6, 6.07) is 9.90. The van der Waals surface area contributed by atoms with Crippen LogP contribution >= 0.6 is 11.6 Å². The molecular weight excluding hydrogens is 296 g/mol. The van der Waals surface area contributed by atoms with Crippen LogP contribution in [-0.4, -0.2) is 8.42 Å². The summed E-state index contributed by atoms with van der Waals surface area (Å²) >= 11 is 5.81. The van der Waals surface area contributed by atoms with E-state index in [4.69, 9.17) is 17.3 Å². The van der Waals surface area contributed by atoms with Crippen LogP contribution in [0.25, 0.3) is 0 Å². The molecule has 0 aliphatic carbocycles. The largest absolute Gasteiger partial charge is 0.397 e. The fourth-order valence-corrected chi connectivity index (χ4v) is 3.31. The maximum Gasteiger partial charge on any atom is 0.262 e. The van der Waals surface area contributed by atoms with Crippen LogP contribution in [0.1, 0.15) is 11.1 Å². The monoisotopic (exact) mass is 310 g/mol. The number of anilines is 2. The molecule has 3 N–H and O–H groups in total. The van der Waals surface area contributed by atoms with Crippen LogP contribution in [0.5, 0.6) is 0 Å². The van der Waals surface area contributed by atoms with Gasteiger partial charge in [-0.1, -0.05) is 23.7 Å². The van der Waals surface area contributed by atoms with Crippen molar-refractivity contribution in [2.75, 3.05) is 10.5 Å². The number of nitrogen functional groups attached to an aromatic ring is 1. The Morgan fingerprint density at radius 3 is 2.45 bits per heavy atom. The number of hydrogen-bond acceptors (Lipinski definition) is 3. The van der Waals surface area contributed by atoms with Gasteiger partial charge in [0, 0.05) is 0 Å². The van der Waals surface area contributed by atoms with Crippen molar-refractivity contribution >= 4 is 33.0 Å². The first kappa shape index (κ1) is 14.7. The SMILES string of the molecule is Cc1ccc(C)c(S(=O)(=O)Nc2ccc(Cl)c(N)c2)c1. The molecule has 0 saturated carbocycles. The molecule has 2 aromatic rings. The summed E-state index contributed by atoms with van der Waals surface area (Å²) < 4.78 is 27.3. The molecule has 4 nitrogen and oxygen atoms in total. The molecular formula is C14H15ClN2O2S. The van der Waals surface area contributed by atoms with Gasteiger partial charge in [0.25, 0.3) is 10.0 Å². The molecule has 0 atom stereocenters. The van der Waals surface area contributed by atoms with E-state index in [9.17, 15) is 8.42 Å². The highest BCUT2D eigenvalue weighted by Crippen LogP contribution is 2.25. The Labute approximate surface area is 123 Å². The zero-order chi connectivity index (χ0) is 14.9. The molecule has 0 unspecified atom stereocenters. The fourth-order valence-electron chi connectivity index (χ4n) is 1.81.